The summed E-state index contributed by atoms with van der Waals surface area (Å²) in [6.07, 6.45) is 8.76. The Labute approximate surface area is 135 Å². The molecule has 1 saturated carbocycles. The highest BCUT2D eigenvalue weighted by Gasteiger charge is 2.34. The first kappa shape index (κ1) is 14.5. The molecule has 1 aliphatic carbocycles. The van der Waals surface area contributed by atoms with Crippen LogP contribution in [0.3, 0.4) is 0 Å². The lowest BCUT2D eigenvalue weighted by molar-refractivity contribution is 0.0820. The third kappa shape index (κ3) is 2.79. The molecule has 2 N–H and O–H groups in total. The van der Waals surface area contributed by atoms with Crippen molar-refractivity contribution in [2.24, 2.45) is 0 Å². The molecular formula is C17H22N4O2. The SMILES string of the molecule is CCn1cc([C@H]2OCC[C@@H]2NC(=O)c2cc[nH]c2C2CC2)cn1. The van der Waals surface area contributed by atoms with Gasteiger partial charge < -0.3 is 15.0 Å². The van der Waals surface area contributed by atoms with E-state index in [9.17, 15) is 4.79 Å². The normalized spacial score (nSPS) is 24.0. The minimum absolute atomic E-state index is 0.000964. The molecule has 2 atom stereocenters. The highest BCUT2D eigenvalue weighted by molar-refractivity contribution is 5.96. The number of aromatic amines is 1. The fourth-order valence-corrected chi connectivity index (χ4v) is 3.30. The molecule has 4 rings (SSSR count). The fraction of sp³-hybridized carbons (Fsp3) is 0.529. The zero-order valence-corrected chi connectivity index (χ0v) is 13.3. The van der Waals surface area contributed by atoms with Crippen LogP contribution in [0, 0.1) is 0 Å². The minimum atomic E-state index is -0.109. The van der Waals surface area contributed by atoms with Crippen LogP contribution in [0.2, 0.25) is 0 Å². The molecule has 2 aliphatic rings. The standard InChI is InChI=1S/C17H22N4O2/c1-2-21-10-12(9-19-21)16-14(6-8-23-16)20-17(22)13-5-7-18-15(13)11-3-4-11/h5,7,9-11,14,16,18H,2-4,6,8H2,1H3,(H,20,22)/t14-,16+/m0/s1. The zero-order chi connectivity index (χ0) is 15.8. The Kier molecular flexibility index (Phi) is 3.69. The van der Waals surface area contributed by atoms with Crippen LogP contribution in [-0.4, -0.2) is 33.3 Å². The molecule has 122 valence electrons. The number of nitrogens with one attached hydrogen (secondary N) is 2. The van der Waals surface area contributed by atoms with Crippen LogP contribution in [0.4, 0.5) is 0 Å². The van der Waals surface area contributed by atoms with Gasteiger partial charge in [-0.1, -0.05) is 0 Å². The predicted molar refractivity (Wildman–Crippen MR) is 85.2 cm³/mol. The van der Waals surface area contributed by atoms with E-state index in [1.54, 1.807) is 0 Å². The summed E-state index contributed by atoms with van der Waals surface area (Å²) >= 11 is 0. The second-order valence-electron chi connectivity index (χ2n) is 6.37. The predicted octanol–water partition coefficient (Wildman–Crippen LogP) is 2.37. The lowest BCUT2D eigenvalue weighted by Gasteiger charge is -2.19. The van der Waals surface area contributed by atoms with Gasteiger partial charge in [-0.05, 0) is 38.2 Å². The first-order chi connectivity index (χ1) is 11.3. The summed E-state index contributed by atoms with van der Waals surface area (Å²) in [7, 11) is 0. The topological polar surface area (TPSA) is 71.9 Å². The number of aryl methyl sites for hydroxylation is 1. The number of H-pyrrole nitrogens is 1. The lowest BCUT2D eigenvalue weighted by atomic mass is 10.0. The molecule has 1 aliphatic heterocycles. The van der Waals surface area contributed by atoms with Gasteiger partial charge >= 0.3 is 0 Å². The van der Waals surface area contributed by atoms with E-state index in [1.165, 1.54) is 12.8 Å². The molecule has 3 heterocycles. The number of nitrogens with zero attached hydrogens (tertiary/aromatic N) is 2. The van der Waals surface area contributed by atoms with E-state index in [0.29, 0.717) is 12.5 Å². The Morgan fingerprint density at radius 2 is 2.35 bits per heavy atom. The van der Waals surface area contributed by atoms with E-state index in [0.717, 1.165) is 29.8 Å². The number of carbonyl (C=O) groups is 1. The number of aromatic nitrogens is 3. The second-order valence-corrected chi connectivity index (χ2v) is 6.37. The number of hydrogen-bond acceptors (Lipinski definition) is 3. The van der Waals surface area contributed by atoms with Crippen molar-refractivity contribution in [3.63, 3.8) is 0 Å². The maximum atomic E-state index is 12.6. The van der Waals surface area contributed by atoms with Gasteiger partial charge in [0.2, 0.25) is 0 Å². The number of ether oxygens (including phenoxy) is 1. The summed E-state index contributed by atoms with van der Waals surface area (Å²) in [5, 5.41) is 7.47. The van der Waals surface area contributed by atoms with E-state index in [2.05, 4.69) is 22.3 Å². The van der Waals surface area contributed by atoms with Gasteiger partial charge in [-0.3, -0.25) is 9.48 Å². The minimum Gasteiger partial charge on any atom is -0.371 e. The van der Waals surface area contributed by atoms with Gasteiger partial charge in [0.05, 0.1) is 17.8 Å². The van der Waals surface area contributed by atoms with Crippen molar-refractivity contribution in [2.45, 2.75) is 50.8 Å². The lowest BCUT2D eigenvalue weighted by Crippen LogP contribution is -2.37. The molecule has 0 radical (unpaired) electrons. The van der Waals surface area contributed by atoms with Gasteiger partial charge in [0.15, 0.2) is 0 Å². The molecule has 6 heteroatoms. The number of carbonyl (C=O) groups excluding carboxylic acids is 1. The Hall–Kier alpha value is -2.08. The summed E-state index contributed by atoms with van der Waals surface area (Å²) < 4.78 is 7.72. The molecule has 23 heavy (non-hydrogen) atoms. The fourth-order valence-electron chi connectivity index (χ4n) is 3.30. The molecule has 2 fully saturated rings. The molecular weight excluding hydrogens is 292 g/mol. The van der Waals surface area contributed by atoms with Gasteiger partial charge in [0.1, 0.15) is 6.10 Å². The molecule has 2 aromatic rings. The number of hydrogen-bond donors (Lipinski definition) is 2. The van der Waals surface area contributed by atoms with Gasteiger partial charge in [-0.25, -0.2) is 0 Å². The zero-order valence-electron chi connectivity index (χ0n) is 13.3. The van der Waals surface area contributed by atoms with Gasteiger partial charge in [0, 0.05) is 36.8 Å². The van der Waals surface area contributed by atoms with E-state index in [1.807, 2.05) is 29.3 Å². The van der Waals surface area contributed by atoms with E-state index < -0.39 is 0 Å². The van der Waals surface area contributed by atoms with Crippen molar-refractivity contribution in [2.75, 3.05) is 6.61 Å². The Morgan fingerprint density at radius 1 is 1.48 bits per heavy atom. The van der Waals surface area contributed by atoms with Crippen molar-refractivity contribution in [3.8, 4) is 0 Å². The van der Waals surface area contributed by atoms with Crippen molar-refractivity contribution in [1.29, 1.82) is 0 Å². The Bertz CT molecular complexity index is 701. The summed E-state index contributed by atoms with van der Waals surface area (Å²) in [5.74, 6) is 0.528. The first-order valence-corrected chi connectivity index (χ1v) is 8.38. The summed E-state index contributed by atoms with van der Waals surface area (Å²) in [5.41, 5.74) is 2.89. The summed E-state index contributed by atoms with van der Waals surface area (Å²) in [6, 6.07) is 1.88. The van der Waals surface area contributed by atoms with Crippen LogP contribution in [0.25, 0.3) is 0 Å². The highest BCUT2D eigenvalue weighted by Crippen LogP contribution is 2.41. The van der Waals surface area contributed by atoms with Gasteiger partial charge in [0.25, 0.3) is 5.91 Å². The largest absolute Gasteiger partial charge is 0.371 e. The Balaban J connectivity index is 1.48. The average Bonchev–Trinajstić information content (AvgIpc) is 2.98. The summed E-state index contributed by atoms with van der Waals surface area (Å²) in [4.78, 5) is 15.9. The quantitative estimate of drug-likeness (QED) is 0.890. The molecule has 2 aromatic heterocycles. The van der Waals surface area contributed by atoms with Crippen LogP contribution < -0.4 is 5.32 Å². The maximum Gasteiger partial charge on any atom is 0.253 e. The van der Waals surface area contributed by atoms with Gasteiger partial charge in [-0.2, -0.15) is 5.10 Å². The van der Waals surface area contributed by atoms with Crippen LogP contribution in [0.5, 0.6) is 0 Å². The molecule has 1 amide bonds. The highest BCUT2D eigenvalue weighted by atomic mass is 16.5. The third-order valence-corrected chi connectivity index (χ3v) is 4.72. The second kappa shape index (κ2) is 5.85. The van der Waals surface area contributed by atoms with Crippen molar-refractivity contribution >= 4 is 5.91 Å². The van der Waals surface area contributed by atoms with Crippen molar-refractivity contribution in [3.05, 3.63) is 41.5 Å². The van der Waals surface area contributed by atoms with Crippen LogP contribution >= 0.6 is 0 Å². The maximum absolute atomic E-state index is 12.6. The molecule has 6 nitrogen and oxygen atoms in total. The molecule has 0 spiro atoms. The van der Waals surface area contributed by atoms with Crippen molar-refractivity contribution in [1.82, 2.24) is 20.1 Å². The van der Waals surface area contributed by atoms with E-state index >= 15 is 0 Å². The van der Waals surface area contributed by atoms with Crippen LogP contribution in [0.1, 0.15) is 59.8 Å². The molecule has 1 saturated heterocycles. The van der Waals surface area contributed by atoms with Crippen LogP contribution in [-0.2, 0) is 11.3 Å². The third-order valence-electron chi connectivity index (χ3n) is 4.72. The van der Waals surface area contributed by atoms with E-state index in [4.69, 9.17) is 4.74 Å². The van der Waals surface area contributed by atoms with Crippen LogP contribution in [0.15, 0.2) is 24.7 Å². The first-order valence-electron chi connectivity index (χ1n) is 8.38. The Morgan fingerprint density at radius 3 is 3.09 bits per heavy atom. The summed E-state index contributed by atoms with van der Waals surface area (Å²) in [6.45, 7) is 3.55. The van der Waals surface area contributed by atoms with Gasteiger partial charge in [-0.15, -0.1) is 0 Å². The van der Waals surface area contributed by atoms with E-state index in [-0.39, 0.29) is 18.1 Å². The molecule has 0 unspecified atom stereocenters. The van der Waals surface area contributed by atoms with Crippen molar-refractivity contribution < 1.29 is 9.53 Å². The smallest absolute Gasteiger partial charge is 0.253 e. The molecule has 0 aromatic carbocycles. The monoisotopic (exact) mass is 314 g/mol. The number of amides is 1. The average molecular weight is 314 g/mol. The molecule has 0 bridgehead atoms. The number of rotatable bonds is 5.